The van der Waals surface area contributed by atoms with Gasteiger partial charge >= 0.3 is 0 Å². The number of hydrogen-bond donors (Lipinski definition) is 2. The van der Waals surface area contributed by atoms with Crippen LogP contribution < -0.4 is 0 Å². The summed E-state index contributed by atoms with van der Waals surface area (Å²) >= 11 is 0. The molecule has 2 N–H and O–H groups in total. The van der Waals surface area contributed by atoms with Gasteiger partial charge in [-0.2, -0.15) is 5.10 Å². The van der Waals surface area contributed by atoms with Crippen molar-refractivity contribution in [3.63, 3.8) is 0 Å². The van der Waals surface area contributed by atoms with Crippen LogP contribution >= 0.6 is 0 Å². The van der Waals surface area contributed by atoms with Gasteiger partial charge in [0, 0.05) is 16.6 Å². The second kappa shape index (κ2) is 3.63. The molecule has 0 amide bonds. The highest BCUT2D eigenvalue weighted by molar-refractivity contribution is 5.87. The number of nitrogens with one attached hydrogen (secondary N) is 1. The van der Waals surface area contributed by atoms with Crippen molar-refractivity contribution in [3.8, 4) is 16.9 Å². The summed E-state index contributed by atoms with van der Waals surface area (Å²) in [5.74, 6) is 0.291. The molecule has 0 saturated carbocycles. The summed E-state index contributed by atoms with van der Waals surface area (Å²) in [6.07, 6.45) is 0. The van der Waals surface area contributed by atoms with Crippen molar-refractivity contribution in [1.29, 1.82) is 0 Å². The second-order valence-electron chi connectivity index (χ2n) is 4.10. The molecule has 3 aromatic rings. The lowest BCUT2D eigenvalue weighted by Crippen LogP contribution is -1.79. The van der Waals surface area contributed by atoms with Gasteiger partial charge in [0.2, 0.25) is 0 Å². The predicted molar refractivity (Wildman–Crippen MR) is 67.9 cm³/mol. The average Bonchev–Trinajstić information content (AvgIpc) is 2.71. The van der Waals surface area contributed by atoms with Gasteiger partial charge in [0.1, 0.15) is 5.75 Å². The highest BCUT2D eigenvalue weighted by Gasteiger charge is 2.06. The lowest BCUT2D eigenvalue weighted by atomic mass is 10.0. The zero-order valence-corrected chi connectivity index (χ0v) is 9.44. The number of fused-ring (bicyclic) bond motifs is 1. The Hall–Kier alpha value is -2.29. The van der Waals surface area contributed by atoms with Crippen LogP contribution in [0.25, 0.3) is 22.0 Å². The van der Waals surface area contributed by atoms with Crippen LogP contribution in [0.3, 0.4) is 0 Å². The maximum Gasteiger partial charge on any atom is 0.123 e. The molecule has 0 spiro atoms. The highest BCUT2D eigenvalue weighted by Crippen LogP contribution is 2.30. The summed E-state index contributed by atoms with van der Waals surface area (Å²) < 4.78 is 0. The number of aromatic hydroxyl groups is 1. The van der Waals surface area contributed by atoms with Crippen molar-refractivity contribution in [2.75, 3.05) is 0 Å². The van der Waals surface area contributed by atoms with E-state index in [1.807, 2.05) is 43.3 Å². The van der Waals surface area contributed by atoms with Crippen LogP contribution in [-0.2, 0) is 0 Å². The van der Waals surface area contributed by atoms with Gasteiger partial charge in [0.05, 0.1) is 5.52 Å². The SMILES string of the molecule is Cc1[nH]nc2cc(-c3ccccc3O)ccc12. The molecule has 0 unspecified atom stereocenters. The molecule has 17 heavy (non-hydrogen) atoms. The van der Waals surface area contributed by atoms with Gasteiger partial charge in [-0.1, -0.05) is 30.3 Å². The number of phenols is 1. The van der Waals surface area contributed by atoms with Crippen molar-refractivity contribution in [3.05, 3.63) is 48.2 Å². The number of aromatic amines is 1. The Morgan fingerprint density at radius 3 is 2.76 bits per heavy atom. The molecule has 3 heteroatoms. The minimum absolute atomic E-state index is 0.291. The molecule has 2 aromatic carbocycles. The minimum Gasteiger partial charge on any atom is -0.507 e. The summed E-state index contributed by atoms with van der Waals surface area (Å²) in [6, 6.07) is 13.3. The van der Waals surface area contributed by atoms with E-state index < -0.39 is 0 Å². The van der Waals surface area contributed by atoms with E-state index in [2.05, 4.69) is 10.2 Å². The summed E-state index contributed by atoms with van der Waals surface area (Å²) in [6.45, 7) is 2.00. The quantitative estimate of drug-likeness (QED) is 0.666. The molecule has 0 bridgehead atoms. The molecular weight excluding hydrogens is 212 g/mol. The maximum atomic E-state index is 9.81. The molecule has 1 aromatic heterocycles. The average molecular weight is 224 g/mol. The second-order valence-corrected chi connectivity index (χ2v) is 4.10. The van der Waals surface area contributed by atoms with Crippen molar-refractivity contribution in [2.45, 2.75) is 6.92 Å². The van der Waals surface area contributed by atoms with Crippen LogP contribution in [0.5, 0.6) is 5.75 Å². The molecule has 0 radical (unpaired) electrons. The van der Waals surface area contributed by atoms with Crippen LogP contribution in [-0.4, -0.2) is 15.3 Å². The first-order chi connectivity index (χ1) is 8.25. The molecule has 0 aliphatic carbocycles. The predicted octanol–water partition coefficient (Wildman–Crippen LogP) is 3.24. The van der Waals surface area contributed by atoms with Gasteiger partial charge in [-0.05, 0) is 24.6 Å². The molecule has 3 rings (SSSR count). The number of aryl methyl sites for hydroxylation is 1. The van der Waals surface area contributed by atoms with Crippen LogP contribution in [0.15, 0.2) is 42.5 Å². The number of phenolic OH excluding ortho intramolecular Hbond substituents is 1. The summed E-state index contributed by atoms with van der Waals surface area (Å²) in [4.78, 5) is 0. The van der Waals surface area contributed by atoms with Gasteiger partial charge < -0.3 is 5.11 Å². The number of H-pyrrole nitrogens is 1. The number of nitrogens with zero attached hydrogens (tertiary/aromatic N) is 1. The molecular formula is C14H12N2O. The normalized spacial score (nSPS) is 10.9. The van der Waals surface area contributed by atoms with E-state index in [9.17, 15) is 5.11 Å². The van der Waals surface area contributed by atoms with E-state index in [1.165, 1.54) is 0 Å². The Morgan fingerprint density at radius 2 is 1.94 bits per heavy atom. The molecule has 84 valence electrons. The Kier molecular flexibility index (Phi) is 2.11. The third-order valence-corrected chi connectivity index (χ3v) is 2.96. The highest BCUT2D eigenvalue weighted by atomic mass is 16.3. The zero-order valence-electron chi connectivity index (χ0n) is 9.44. The summed E-state index contributed by atoms with van der Waals surface area (Å²) in [7, 11) is 0. The van der Waals surface area contributed by atoms with E-state index in [4.69, 9.17) is 0 Å². The van der Waals surface area contributed by atoms with Crippen LogP contribution in [0.2, 0.25) is 0 Å². The first-order valence-corrected chi connectivity index (χ1v) is 5.49. The fraction of sp³-hybridized carbons (Fsp3) is 0.0714. The van der Waals surface area contributed by atoms with E-state index >= 15 is 0 Å². The van der Waals surface area contributed by atoms with Gasteiger partial charge in [-0.3, -0.25) is 5.10 Å². The molecule has 0 aliphatic heterocycles. The molecule has 0 fully saturated rings. The van der Waals surface area contributed by atoms with Crippen molar-refractivity contribution in [2.24, 2.45) is 0 Å². The molecule has 0 saturated heterocycles. The van der Waals surface area contributed by atoms with Crippen LogP contribution in [0.4, 0.5) is 0 Å². The van der Waals surface area contributed by atoms with Crippen molar-refractivity contribution in [1.82, 2.24) is 10.2 Å². The maximum absolute atomic E-state index is 9.81. The fourth-order valence-electron chi connectivity index (χ4n) is 2.03. The van der Waals surface area contributed by atoms with Gasteiger partial charge in [-0.15, -0.1) is 0 Å². The Bertz CT molecular complexity index is 686. The van der Waals surface area contributed by atoms with E-state index in [0.717, 1.165) is 27.7 Å². The van der Waals surface area contributed by atoms with Gasteiger partial charge in [-0.25, -0.2) is 0 Å². The summed E-state index contributed by atoms with van der Waals surface area (Å²) in [5, 5.41) is 18.1. The third-order valence-electron chi connectivity index (χ3n) is 2.96. The van der Waals surface area contributed by atoms with E-state index in [-0.39, 0.29) is 0 Å². The van der Waals surface area contributed by atoms with Crippen molar-refractivity contribution >= 4 is 10.9 Å². The van der Waals surface area contributed by atoms with Crippen LogP contribution in [0.1, 0.15) is 5.69 Å². The number of para-hydroxylation sites is 1. The first kappa shape index (κ1) is 9.90. The van der Waals surface area contributed by atoms with Crippen molar-refractivity contribution < 1.29 is 5.11 Å². The van der Waals surface area contributed by atoms with Gasteiger partial charge in [0.25, 0.3) is 0 Å². The van der Waals surface area contributed by atoms with Crippen LogP contribution in [0, 0.1) is 6.92 Å². The number of benzene rings is 2. The number of rotatable bonds is 1. The smallest absolute Gasteiger partial charge is 0.123 e. The van der Waals surface area contributed by atoms with E-state index in [1.54, 1.807) is 6.07 Å². The van der Waals surface area contributed by atoms with Gasteiger partial charge in [0.15, 0.2) is 0 Å². The third kappa shape index (κ3) is 1.56. The number of hydrogen-bond acceptors (Lipinski definition) is 2. The summed E-state index contributed by atoms with van der Waals surface area (Å²) in [5.41, 5.74) is 3.78. The Labute approximate surface area is 98.7 Å². The topological polar surface area (TPSA) is 48.9 Å². The molecule has 0 atom stereocenters. The Balaban J connectivity index is 2.22. The molecule has 3 nitrogen and oxygen atoms in total. The Morgan fingerprint density at radius 1 is 1.12 bits per heavy atom. The minimum atomic E-state index is 0.291. The number of aromatic nitrogens is 2. The molecule has 1 heterocycles. The lowest BCUT2D eigenvalue weighted by Gasteiger charge is -2.04. The largest absolute Gasteiger partial charge is 0.507 e. The standard InChI is InChI=1S/C14H12N2O/c1-9-11-7-6-10(8-13(11)16-15-9)12-4-2-3-5-14(12)17/h2-8,17H,1H3,(H,15,16). The first-order valence-electron chi connectivity index (χ1n) is 5.49. The molecule has 0 aliphatic rings. The zero-order chi connectivity index (χ0) is 11.8. The monoisotopic (exact) mass is 224 g/mol. The fourth-order valence-corrected chi connectivity index (χ4v) is 2.03. The van der Waals surface area contributed by atoms with E-state index in [0.29, 0.717) is 5.75 Å². The lowest BCUT2D eigenvalue weighted by molar-refractivity contribution is 0.477.